The third-order valence-corrected chi connectivity index (χ3v) is 6.34. The number of carbonyl (C=O) groups is 2. The van der Waals surface area contributed by atoms with Crippen LogP contribution in [0.25, 0.3) is 0 Å². The molecule has 2 fully saturated rings. The largest absolute Gasteiger partial charge is 0.478 e. The second-order valence-electron chi connectivity index (χ2n) is 8.31. The number of amides is 1. The van der Waals surface area contributed by atoms with Crippen LogP contribution < -0.4 is 10.2 Å². The van der Waals surface area contributed by atoms with Gasteiger partial charge in [0.2, 0.25) is 0 Å². The lowest BCUT2D eigenvalue weighted by molar-refractivity contribution is 0.0696. The Kier molecular flexibility index (Phi) is 6.51. The van der Waals surface area contributed by atoms with Gasteiger partial charge in [0.05, 0.1) is 16.9 Å². The van der Waals surface area contributed by atoms with Gasteiger partial charge in [-0.15, -0.1) is 0 Å². The van der Waals surface area contributed by atoms with Crippen LogP contribution in [0.5, 0.6) is 0 Å². The first kappa shape index (κ1) is 21.3. The van der Waals surface area contributed by atoms with Gasteiger partial charge >= 0.3 is 5.97 Å². The van der Waals surface area contributed by atoms with E-state index in [9.17, 15) is 19.1 Å². The topological polar surface area (TPSA) is 72.9 Å². The maximum atomic E-state index is 13.2. The van der Waals surface area contributed by atoms with Crippen molar-refractivity contribution in [2.75, 3.05) is 36.4 Å². The highest BCUT2D eigenvalue weighted by Gasteiger charge is 2.26. The van der Waals surface area contributed by atoms with Crippen LogP contribution in [0.2, 0.25) is 0 Å². The molecule has 0 atom stereocenters. The Morgan fingerprint density at radius 1 is 0.903 bits per heavy atom. The van der Waals surface area contributed by atoms with Crippen LogP contribution in [-0.4, -0.2) is 54.1 Å². The van der Waals surface area contributed by atoms with Crippen molar-refractivity contribution in [3.8, 4) is 0 Å². The van der Waals surface area contributed by atoms with Gasteiger partial charge in [-0.1, -0.05) is 19.3 Å². The molecular weight excluding hydrogens is 397 g/mol. The monoisotopic (exact) mass is 425 g/mol. The van der Waals surface area contributed by atoms with Crippen LogP contribution in [0.4, 0.5) is 15.8 Å². The standard InChI is InChI=1S/C24H28FN3O3/c25-19-9-6-17(7-10-19)23(29)26-21-16-18(24(30)31)8-11-22(21)28-14-12-27(13-15-28)20-4-2-1-3-5-20/h6-11,16,20H,1-5,12-15H2,(H,26,29)(H,30,31). The normalized spacial score (nSPS) is 18.0. The van der Waals surface area contributed by atoms with E-state index in [4.69, 9.17) is 0 Å². The number of hydrogen-bond donors (Lipinski definition) is 2. The van der Waals surface area contributed by atoms with Gasteiger partial charge < -0.3 is 15.3 Å². The van der Waals surface area contributed by atoms with E-state index >= 15 is 0 Å². The zero-order valence-electron chi connectivity index (χ0n) is 17.5. The number of aromatic carboxylic acids is 1. The molecule has 1 heterocycles. The van der Waals surface area contributed by atoms with Gasteiger partial charge in [-0.25, -0.2) is 9.18 Å². The smallest absolute Gasteiger partial charge is 0.335 e. The van der Waals surface area contributed by atoms with E-state index in [1.165, 1.54) is 62.4 Å². The van der Waals surface area contributed by atoms with Crippen molar-refractivity contribution in [1.29, 1.82) is 0 Å². The van der Waals surface area contributed by atoms with Crippen LogP contribution in [0.15, 0.2) is 42.5 Å². The summed E-state index contributed by atoms with van der Waals surface area (Å²) >= 11 is 0. The molecule has 0 unspecified atom stereocenters. The molecule has 1 aliphatic carbocycles. The van der Waals surface area contributed by atoms with Crippen LogP contribution in [0.3, 0.4) is 0 Å². The molecule has 6 nitrogen and oxygen atoms in total. The summed E-state index contributed by atoms with van der Waals surface area (Å²) in [5, 5.41) is 12.2. The molecule has 1 saturated carbocycles. The molecule has 0 spiro atoms. The predicted molar refractivity (Wildman–Crippen MR) is 118 cm³/mol. The number of hydrogen-bond acceptors (Lipinski definition) is 4. The molecule has 164 valence electrons. The number of piperazine rings is 1. The number of halogens is 1. The van der Waals surface area contributed by atoms with Crippen LogP contribution >= 0.6 is 0 Å². The average Bonchev–Trinajstić information content (AvgIpc) is 2.80. The number of carboxylic acid groups (broad SMARTS) is 1. The van der Waals surface area contributed by atoms with Crippen LogP contribution in [-0.2, 0) is 0 Å². The number of nitrogens with zero attached hydrogens (tertiary/aromatic N) is 2. The third kappa shape index (κ3) is 5.05. The molecule has 7 heteroatoms. The van der Waals surface area contributed by atoms with Crippen molar-refractivity contribution < 1.29 is 19.1 Å². The van der Waals surface area contributed by atoms with Gasteiger partial charge in [-0.05, 0) is 55.3 Å². The summed E-state index contributed by atoms with van der Waals surface area (Å²) < 4.78 is 13.2. The van der Waals surface area contributed by atoms with Gasteiger partial charge in [-0.2, -0.15) is 0 Å². The molecule has 31 heavy (non-hydrogen) atoms. The summed E-state index contributed by atoms with van der Waals surface area (Å²) in [6.45, 7) is 3.55. The molecule has 1 amide bonds. The van der Waals surface area contributed by atoms with Crippen molar-refractivity contribution in [3.63, 3.8) is 0 Å². The van der Waals surface area contributed by atoms with Crippen molar-refractivity contribution in [2.24, 2.45) is 0 Å². The first-order valence-corrected chi connectivity index (χ1v) is 10.9. The molecule has 1 saturated heterocycles. The first-order chi connectivity index (χ1) is 15.0. The molecule has 0 aromatic heterocycles. The van der Waals surface area contributed by atoms with Crippen molar-refractivity contribution >= 4 is 23.3 Å². The first-order valence-electron chi connectivity index (χ1n) is 10.9. The Hall–Kier alpha value is -2.93. The van der Waals surface area contributed by atoms with Gasteiger partial charge in [0.1, 0.15) is 5.82 Å². The van der Waals surface area contributed by atoms with E-state index in [1.54, 1.807) is 12.1 Å². The van der Waals surface area contributed by atoms with Crippen molar-refractivity contribution in [2.45, 2.75) is 38.1 Å². The molecule has 2 N–H and O–H groups in total. The number of anilines is 2. The average molecular weight is 426 g/mol. The summed E-state index contributed by atoms with van der Waals surface area (Å²) in [4.78, 5) is 28.9. The molecule has 4 rings (SSSR count). The molecule has 1 aliphatic heterocycles. The molecule has 0 bridgehead atoms. The molecule has 2 aromatic rings. The van der Waals surface area contributed by atoms with Crippen molar-refractivity contribution in [3.05, 3.63) is 59.4 Å². The fourth-order valence-corrected chi connectivity index (χ4v) is 4.61. The lowest BCUT2D eigenvalue weighted by Gasteiger charge is -2.42. The van der Waals surface area contributed by atoms with E-state index in [2.05, 4.69) is 15.1 Å². The van der Waals surface area contributed by atoms with E-state index in [1.807, 2.05) is 0 Å². The quantitative estimate of drug-likeness (QED) is 0.750. The molecule has 2 aromatic carbocycles. The number of carboxylic acids is 1. The van der Waals surface area contributed by atoms with Crippen LogP contribution in [0.1, 0.15) is 52.8 Å². The highest BCUT2D eigenvalue weighted by Crippen LogP contribution is 2.30. The SMILES string of the molecule is O=C(O)c1ccc(N2CCN(C3CCCCC3)CC2)c(NC(=O)c2ccc(F)cc2)c1. The second-order valence-corrected chi connectivity index (χ2v) is 8.31. The Balaban J connectivity index is 1.51. The maximum Gasteiger partial charge on any atom is 0.335 e. The number of nitrogens with one attached hydrogen (secondary N) is 1. The Labute approximate surface area is 181 Å². The second kappa shape index (κ2) is 9.47. The zero-order chi connectivity index (χ0) is 21.8. The van der Waals surface area contributed by atoms with Crippen LogP contribution in [0, 0.1) is 5.82 Å². The number of rotatable bonds is 5. The molecule has 0 radical (unpaired) electrons. The van der Waals surface area contributed by atoms with E-state index in [0.717, 1.165) is 31.9 Å². The molecular formula is C24H28FN3O3. The Morgan fingerprint density at radius 3 is 2.19 bits per heavy atom. The number of carbonyl (C=O) groups excluding carboxylic acids is 1. The minimum absolute atomic E-state index is 0.110. The van der Waals surface area contributed by atoms with Gasteiger partial charge in [0.15, 0.2) is 0 Å². The zero-order valence-corrected chi connectivity index (χ0v) is 17.5. The lowest BCUT2D eigenvalue weighted by Crippen LogP contribution is -2.51. The summed E-state index contributed by atoms with van der Waals surface area (Å²) in [5.74, 6) is -1.86. The predicted octanol–water partition coefficient (Wildman–Crippen LogP) is 4.23. The highest BCUT2D eigenvalue weighted by atomic mass is 19.1. The van der Waals surface area contributed by atoms with E-state index in [0.29, 0.717) is 17.3 Å². The lowest BCUT2D eigenvalue weighted by atomic mass is 9.94. The summed E-state index contributed by atoms with van der Waals surface area (Å²) in [5.41, 5.74) is 1.69. The minimum Gasteiger partial charge on any atom is -0.478 e. The fourth-order valence-electron chi connectivity index (χ4n) is 4.61. The third-order valence-electron chi connectivity index (χ3n) is 6.34. The highest BCUT2D eigenvalue weighted by molar-refractivity contribution is 6.06. The number of benzene rings is 2. The van der Waals surface area contributed by atoms with Gasteiger partial charge in [-0.3, -0.25) is 9.69 Å². The Bertz CT molecular complexity index is 934. The van der Waals surface area contributed by atoms with E-state index in [-0.39, 0.29) is 5.56 Å². The fraction of sp³-hybridized carbons (Fsp3) is 0.417. The van der Waals surface area contributed by atoms with E-state index < -0.39 is 17.7 Å². The Morgan fingerprint density at radius 2 is 1.55 bits per heavy atom. The molecule has 2 aliphatic rings. The summed E-state index contributed by atoms with van der Waals surface area (Å²) in [6.07, 6.45) is 6.49. The summed E-state index contributed by atoms with van der Waals surface area (Å²) in [7, 11) is 0. The van der Waals surface area contributed by atoms with Gasteiger partial charge in [0, 0.05) is 37.8 Å². The summed E-state index contributed by atoms with van der Waals surface area (Å²) in [6, 6.07) is 10.8. The van der Waals surface area contributed by atoms with Gasteiger partial charge in [0.25, 0.3) is 5.91 Å². The minimum atomic E-state index is -1.05. The maximum absolute atomic E-state index is 13.2. The van der Waals surface area contributed by atoms with Crippen molar-refractivity contribution in [1.82, 2.24) is 4.90 Å².